The summed E-state index contributed by atoms with van der Waals surface area (Å²) in [6, 6.07) is 10.3. The second kappa shape index (κ2) is 7.00. The van der Waals surface area contributed by atoms with Crippen molar-refractivity contribution in [1.82, 2.24) is 15.2 Å². The van der Waals surface area contributed by atoms with Crippen LogP contribution in [0.1, 0.15) is 27.0 Å². The largest absolute Gasteiger partial charge is 0.361 e. The molecule has 7 heteroatoms. The molecule has 0 radical (unpaired) electrons. The maximum atomic E-state index is 12.7. The van der Waals surface area contributed by atoms with Crippen LogP contribution < -0.4 is 5.32 Å². The molecule has 0 aliphatic carbocycles. The number of imide groups is 1. The summed E-state index contributed by atoms with van der Waals surface area (Å²) in [6.45, 7) is 1.80. The minimum absolute atomic E-state index is 0.212. The van der Waals surface area contributed by atoms with Crippen LogP contribution in [0.5, 0.6) is 0 Å². The van der Waals surface area contributed by atoms with Crippen LogP contribution in [0.3, 0.4) is 0 Å². The summed E-state index contributed by atoms with van der Waals surface area (Å²) in [4.78, 5) is 43.3. The summed E-state index contributed by atoms with van der Waals surface area (Å²) in [5.74, 6) is -0.568. The number of nitrogens with one attached hydrogen (secondary N) is 2. The Morgan fingerprint density at radius 2 is 2.00 bits per heavy atom. The van der Waals surface area contributed by atoms with Crippen LogP contribution in [-0.4, -0.2) is 40.2 Å². The first kappa shape index (κ1) is 17.5. The van der Waals surface area contributed by atoms with Crippen molar-refractivity contribution in [3.63, 3.8) is 0 Å². The van der Waals surface area contributed by atoms with E-state index in [1.54, 1.807) is 6.07 Å². The second-order valence-corrected chi connectivity index (χ2v) is 7.70. The highest BCUT2D eigenvalue weighted by atomic mass is 32.1. The number of Topliss-reactive ketones (excluding diaryl/α,β-unsaturated/α-hetero) is 1. The SMILES string of the molecule is CCc1ccc(C(=O)CN2C(=O)NC(Cc3c[nH]c4ccccc34)C2=O)s1. The van der Waals surface area contributed by atoms with Gasteiger partial charge in [0.15, 0.2) is 5.78 Å². The number of thiophene rings is 1. The third kappa shape index (κ3) is 3.26. The maximum absolute atomic E-state index is 12.7. The molecule has 1 aliphatic heterocycles. The lowest BCUT2D eigenvalue weighted by Crippen LogP contribution is -2.36. The molecule has 1 fully saturated rings. The number of urea groups is 1. The summed E-state index contributed by atoms with van der Waals surface area (Å²) >= 11 is 1.41. The number of aromatic amines is 1. The van der Waals surface area contributed by atoms with E-state index >= 15 is 0 Å². The third-order valence-corrected chi connectivity index (χ3v) is 6.06. The first-order valence-electron chi connectivity index (χ1n) is 8.85. The lowest BCUT2D eigenvalue weighted by molar-refractivity contribution is -0.127. The van der Waals surface area contributed by atoms with Crippen LogP contribution >= 0.6 is 11.3 Å². The summed E-state index contributed by atoms with van der Waals surface area (Å²) in [5.41, 5.74) is 1.95. The van der Waals surface area contributed by atoms with Gasteiger partial charge < -0.3 is 10.3 Å². The predicted octanol–water partition coefficient (Wildman–Crippen LogP) is 3.14. The number of fused-ring (bicyclic) bond motifs is 1. The van der Waals surface area contributed by atoms with E-state index in [4.69, 9.17) is 0 Å². The van der Waals surface area contributed by atoms with Gasteiger partial charge in [-0.15, -0.1) is 11.3 Å². The molecule has 4 rings (SSSR count). The van der Waals surface area contributed by atoms with Crippen molar-refractivity contribution >= 4 is 40.0 Å². The van der Waals surface area contributed by atoms with Crippen LogP contribution in [0.2, 0.25) is 0 Å². The van der Waals surface area contributed by atoms with E-state index in [-0.39, 0.29) is 18.2 Å². The third-order valence-electron chi connectivity index (χ3n) is 4.79. The molecule has 2 aromatic heterocycles. The first-order chi connectivity index (χ1) is 13.1. The zero-order valence-electron chi connectivity index (χ0n) is 14.8. The molecule has 0 spiro atoms. The molecule has 1 aliphatic rings. The van der Waals surface area contributed by atoms with Crippen LogP contribution in [0.15, 0.2) is 42.6 Å². The topological polar surface area (TPSA) is 82.3 Å². The summed E-state index contributed by atoms with van der Waals surface area (Å²) in [7, 11) is 0. The van der Waals surface area contributed by atoms with Gasteiger partial charge in [-0.1, -0.05) is 25.1 Å². The van der Waals surface area contributed by atoms with Gasteiger partial charge in [0.2, 0.25) is 0 Å². The number of carbonyl (C=O) groups excluding carboxylic acids is 3. The van der Waals surface area contributed by atoms with E-state index in [1.165, 1.54) is 11.3 Å². The maximum Gasteiger partial charge on any atom is 0.325 e. The minimum atomic E-state index is -0.654. The molecule has 3 aromatic rings. The van der Waals surface area contributed by atoms with Gasteiger partial charge in [0.1, 0.15) is 6.04 Å². The Morgan fingerprint density at radius 1 is 1.19 bits per heavy atom. The highest BCUT2D eigenvalue weighted by Crippen LogP contribution is 2.22. The average molecular weight is 381 g/mol. The van der Waals surface area contributed by atoms with Crippen molar-refractivity contribution in [2.45, 2.75) is 25.8 Å². The summed E-state index contributed by atoms with van der Waals surface area (Å²) < 4.78 is 0. The number of aryl methyl sites for hydroxylation is 1. The average Bonchev–Trinajstić information content (AvgIpc) is 3.37. The zero-order valence-corrected chi connectivity index (χ0v) is 15.6. The number of nitrogens with zero attached hydrogens (tertiary/aromatic N) is 1. The van der Waals surface area contributed by atoms with Crippen LogP contribution in [0, 0.1) is 0 Å². The molecule has 3 heterocycles. The Labute approximate surface area is 160 Å². The fraction of sp³-hybridized carbons (Fsp3) is 0.250. The van der Waals surface area contributed by atoms with Crippen molar-refractivity contribution in [1.29, 1.82) is 0 Å². The Bertz CT molecular complexity index is 1040. The number of carbonyl (C=O) groups is 3. The Morgan fingerprint density at radius 3 is 2.78 bits per heavy atom. The number of hydrogen-bond acceptors (Lipinski definition) is 4. The van der Waals surface area contributed by atoms with Gasteiger partial charge in [0.05, 0.1) is 11.4 Å². The molecular formula is C20H19N3O3S. The Hall–Kier alpha value is -2.93. The van der Waals surface area contributed by atoms with Crippen LogP contribution in [-0.2, 0) is 17.6 Å². The van der Waals surface area contributed by atoms with Gasteiger partial charge in [-0.2, -0.15) is 0 Å². The smallest absolute Gasteiger partial charge is 0.325 e. The van der Waals surface area contributed by atoms with E-state index in [0.29, 0.717) is 11.3 Å². The lowest BCUT2D eigenvalue weighted by atomic mass is 10.1. The highest BCUT2D eigenvalue weighted by molar-refractivity contribution is 7.14. The molecule has 1 atom stereocenters. The molecule has 138 valence electrons. The van der Waals surface area contributed by atoms with Gasteiger partial charge in [-0.3, -0.25) is 14.5 Å². The number of para-hydroxylation sites is 1. The molecule has 2 N–H and O–H groups in total. The van der Waals surface area contributed by atoms with Crippen molar-refractivity contribution in [2.24, 2.45) is 0 Å². The van der Waals surface area contributed by atoms with Gasteiger partial charge >= 0.3 is 6.03 Å². The quantitative estimate of drug-likeness (QED) is 0.508. The molecule has 0 saturated carbocycles. The van der Waals surface area contributed by atoms with Crippen molar-refractivity contribution < 1.29 is 14.4 Å². The lowest BCUT2D eigenvalue weighted by Gasteiger charge is -2.11. The summed E-state index contributed by atoms with van der Waals surface area (Å²) in [6.07, 6.45) is 3.10. The van der Waals surface area contributed by atoms with Crippen molar-refractivity contribution in [2.75, 3.05) is 6.54 Å². The van der Waals surface area contributed by atoms with E-state index in [0.717, 1.165) is 32.7 Å². The second-order valence-electron chi connectivity index (χ2n) is 6.53. The molecule has 1 aromatic carbocycles. The standard InChI is InChI=1S/C20H19N3O3S/c1-2-13-7-8-18(27-13)17(24)11-23-19(25)16(22-20(23)26)9-12-10-21-15-6-4-3-5-14(12)15/h3-8,10,16,21H,2,9,11H2,1H3,(H,22,26). The molecule has 27 heavy (non-hydrogen) atoms. The van der Waals surface area contributed by atoms with Crippen LogP contribution in [0.25, 0.3) is 10.9 Å². The van der Waals surface area contributed by atoms with E-state index in [2.05, 4.69) is 10.3 Å². The molecule has 0 bridgehead atoms. The van der Waals surface area contributed by atoms with Gasteiger partial charge in [0.25, 0.3) is 5.91 Å². The number of ketones is 1. The number of aromatic nitrogens is 1. The highest BCUT2D eigenvalue weighted by Gasteiger charge is 2.39. The molecule has 6 nitrogen and oxygen atoms in total. The fourth-order valence-electron chi connectivity index (χ4n) is 3.32. The Kier molecular flexibility index (Phi) is 4.53. The minimum Gasteiger partial charge on any atom is -0.361 e. The zero-order chi connectivity index (χ0) is 19.0. The van der Waals surface area contributed by atoms with E-state index in [9.17, 15) is 14.4 Å². The number of benzene rings is 1. The number of rotatable bonds is 6. The van der Waals surface area contributed by atoms with Gasteiger partial charge in [-0.25, -0.2) is 4.79 Å². The van der Waals surface area contributed by atoms with Gasteiger partial charge in [0, 0.05) is 28.4 Å². The van der Waals surface area contributed by atoms with Crippen LogP contribution in [0.4, 0.5) is 4.79 Å². The number of hydrogen-bond donors (Lipinski definition) is 2. The number of amides is 3. The normalized spacial score (nSPS) is 16.9. The molecule has 3 amide bonds. The molecular weight excluding hydrogens is 362 g/mol. The Balaban J connectivity index is 1.47. The molecule has 1 saturated heterocycles. The van der Waals surface area contributed by atoms with Crippen molar-refractivity contribution in [3.8, 4) is 0 Å². The first-order valence-corrected chi connectivity index (χ1v) is 9.67. The summed E-state index contributed by atoms with van der Waals surface area (Å²) in [5, 5.41) is 3.73. The monoisotopic (exact) mass is 381 g/mol. The number of H-pyrrole nitrogens is 1. The fourth-order valence-corrected chi connectivity index (χ4v) is 4.20. The predicted molar refractivity (Wildman–Crippen MR) is 104 cm³/mol. The van der Waals surface area contributed by atoms with Crippen molar-refractivity contribution in [3.05, 3.63) is 57.9 Å². The van der Waals surface area contributed by atoms with Gasteiger partial charge in [-0.05, 0) is 30.2 Å². The van der Waals surface area contributed by atoms with E-state index in [1.807, 2.05) is 43.5 Å². The van der Waals surface area contributed by atoms with E-state index < -0.39 is 12.1 Å². The molecule has 1 unspecified atom stereocenters.